The molecule has 23 heavy (non-hydrogen) atoms. The molecule has 6 nitrogen and oxygen atoms in total. The summed E-state index contributed by atoms with van der Waals surface area (Å²) in [4.78, 5) is 13.0. The molecule has 0 bridgehead atoms. The zero-order valence-corrected chi connectivity index (χ0v) is 14.0. The van der Waals surface area contributed by atoms with E-state index < -0.39 is 10.0 Å². The summed E-state index contributed by atoms with van der Waals surface area (Å²) in [5, 5.41) is 2.59. The highest BCUT2D eigenvalue weighted by atomic mass is 32.2. The van der Waals surface area contributed by atoms with Gasteiger partial charge < -0.3 is 10.2 Å². The molecule has 0 heterocycles. The minimum Gasteiger partial charge on any atom is -0.378 e. The Balaban J connectivity index is 2.16. The highest BCUT2D eigenvalue weighted by Gasteiger charge is 2.14. The molecule has 122 valence electrons. The summed E-state index contributed by atoms with van der Waals surface area (Å²) >= 11 is 0. The quantitative estimate of drug-likeness (QED) is 0.881. The maximum Gasteiger partial charge on any atom is 0.261 e. The van der Waals surface area contributed by atoms with Gasteiger partial charge in [0, 0.05) is 38.1 Å². The minimum atomic E-state index is -3.67. The molecule has 0 atom stereocenters. The van der Waals surface area contributed by atoms with E-state index in [0.29, 0.717) is 11.4 Å². The summed E-state index contributed by atoms with van der Waals surface area (Å²) in [6.45, 7) is 1.39. The molecule has 2 rings (SSSR count). The number of hydrogen-bond acceptors (Lipinski definition) is 4. The van der Waals surface area contributed by atoms with Gasteiger partial charge in [-0.15, -0.1) is 0 Å². The van der Waals surface area contributed by atoms with Crippen molar-refractivity contribution in [2.24, 2.45) is 0 Å². The molecular weight excluding hydrogens is 314 g/mol. The standard InChI is InChI=1S/C16H19N3O3S/c1-12(20)17-13-6-10-16(11-7-13)23(21,22)18-14-4-8-15(9-5-14)19(2)3/h4-11,18H,1-3H3,(H,17,20). The van der Waals surface area contributed by atoms with Gasteiger partial charge in [0.2, 0.25) is 5.91 Å². The number of amides is 1. The van der Waals surface area contributed by atoms with Crippen LogP contribution in [0.4, 0.5) is 17.1 Å². The molecule has 0 aliphatic heterocycles. The molecule has 0 radical (unpaired) electrons. The van der Waals surface area contributed by atoms with Crippen molar-refractivity contribution in [3.05, 3.63) is 48.5 Å². The van der Waals surface area contributed by atoms with Crippen molar-refractivity contribution in [2.75, 3.05) is 29.0 Å². The van der Waals surface area contributed by atoms with Crippen LogP contribution in [0.15, 0.2) is 53.4 Å². The third-order valence-corrected chi connectivity index (χ3v) is 4.52. The third-order valence-electron chi connectivity index (χ3n) is 3.12. The molecule has 2 aromatic rings. The Morgan fingerprint density at radius 3 is 1.91 bits per heavy atom. The number of nitrogens with zero attached hydrogens (tertiary/aromatic N) is 1. The van der Waals surface area contributed by atoms with Crippen LogP contribution >= 0.6 is 0 Å². The van der Waals surface area contributed by atoms with Crippen LogP contribution in [-0.2, 0) is 14.8 Å². The number of sulfonamides is 1. The lowest BCUT2D eigenvalue weighted by Crippen LogP contribution is -2.14. The molecule has 7 heteroatoms. The second kappa shape index (κ2) is 6.70. The van der Waals surface area contributed by atoms with Crippen LogP contribution in [0.5, 0.6) is 0 Å². The Morgan fingerprint density at radius 2 is 1.43 bits per heavy atom. The molecule has 0 saturated heterocycles. The lowest BCUT2D eigenvalue weighted by Gasteiger charge is -2.13. The molecule has 2 N–H and O–H groups in total. The first-order chi connectivity index (χ1) is 10.8. The molecular formula is C16H19N3O3S. The van der Waals surface area contributed by atoms with Gasteiger partial charge in [0.1, 0.15) is 0 Å². The van der Waals surface area contributed by atoms with E-state index in [4.69, 9.17) is 0 Å². The van der Waals surface area contributed by atoms with Gasteiger partial charge in [-0.1, -0.05) is 0 Å². The Labute approximate surface area is 136 Å². The second-order valence-corrected chi connectivity index (χ2v) is 6.93. The summed E-state index contributed by atoms with van der Waals surface area (Å²) < 4.78 is 27.2. The summed E-state index contributed by atoms with van der Waals surface area (Å²) in [5.41, 5.74) is 2.01. The number of hydrogen-bond donors (Lipinski definition) is 2. The largest absolute Gasteiger partial charge is 0.378 e. The van der Waals surface area contributed by atoms with E-state index in [0.717, 1.165) is 5.69 Å². The second-order valence-electron chi connectivity index (χ2n) is 5.25. The van der Waals surface area contributed by atoms with Gasteiger partial charge in [-0.05, 0) is 48.5 Å². The number of carbonyl (C=O) groups is 1. The van der Waals surface area contributed by atoms with Crippen LogP contribution in [0.1, 0.15) is 6.92 Å². The summed E-state index contributed by atoms with van der Waals surface area (Å²) in [6.07, 6.45) is 0. The van der Waals surface area contributed by atoms with E-state index in [9.17, 15) is 13.2 Å². The maximum absolute atomic E-state index is 12.3. The maximum atomic E-state index is 12.3. The highest BCUT2D eigenvalue weighted by molar-refractivity contribution is 7.92. The zero-order valence-electron chi connectivity index (χ0n) is 13.2. The van der Waals surface area contributed by atoms with Crippen LogP contribution in [-0.4, -0.2) is 28.4 Å². The summed E-state index contributed by atoms with van der Waals surface area (Å²) in [7, 11) is 0.157. The third kappa shape index (κ3) is 4.46. The lowest BCUT2D eigenvalue weighted by molar-refractivity contribution is -0.114. The van der Waals surface area contributed by atoms with Crippen molar-refractivity contribution in [1.82, 2.24) is 0 Å². The Kier molecular flexibility index (Phi) is 4.90. The van der Waals surface area contributed by atoms with Crippen LogP contribution in [0.3, 0.4) is 0 Å². The normalized spacial score (nSPS) is 10.9. The molecule has 0 saturated carbocycles. The van der Waals surface area contributed by atoms with E-state index in [-0.39, 0.29) is 10.8 Å². The average Bonchev–Trinajstić information content (AvgIpc) is 2.47. The van der Waals surface area contributed by atoms with Gasteiger partial charge in [-0.25, -0.2) is 8.42 Å². The molecule has 0 unspecified atom stereocenters. The van der Waals surface area contributed by atoms with Crippen LogP contribution in [0.2, 0.25) is 0 Å². The van der Waals surface area contributed by atoms with Gasteiger partial charge in [0.25, 0.3) is 10.0 Å². The molecule has 1 amide bonds. The summed E-state index contributed by atoms with van der Waals surface area (Å²) in [5.74, 6) is -0.209. The van der Waals surface area contributed by atoms with Gasteiger partial charge in [-0.3, -0.25) is 9.52 Å². The molecule has 0 aromatic heterocycles. The van der Waals surface area contributed by atoms with E-state index >= 15 is 0 Å². The number of nitrogens with one attached hydrogen (secondary N) is 2. The van der Waals surface area contributed by atoms with Crippen molar-refractivity contribution < 1.29 is 13.2 Å². The van der Waals surface area contributed by atoms with E-state index in [1.54, 1.807) is 24.3 Å². The first kappa shape index (κ1) is 16.8. The van der Waals surface area contributed by atoms with Crippen molar-refractivity contribution in [2.45, 2.75) is 11.8 Å². The fourth-order valence-corrected chi connectivity index (χ4v) is 3.02. The smallest absolute Gasteiger partial charge is 0.261 e. The molecule has 0 spiro atoms. The van der Waals surface area contributed by atoms with E-state index in [1.807, 2.05) is 31.1 Å². The number of anilines is 3. The van der Waals surface area contributed by atoms with Crippen molar-refractivity contribution in [3.63, 3.8) is 0 Å². The van der Waals surface area contributed by atoms with Crippen LogP contribution < -0.4 is 14.9 Å². The molecule has 2 aromatic carbocycles. The molecule has 0 aliphatic carbocycles. The Hall–Kier alpha value is -2.54. The van der Waals surface area contributed by atoms with Crippen molar-refractivity contribution in [3.8, 4) is 0 Å². The lowest BCUT2D eigenvalue weighted by atomic mass is 10.3. The summed E-state index contributed by atoms with van der Waals surface area (Å²) in [6, 6.07) is 13.1. The first-order valence-corrected chi connectivity index (χ1v) is 8.44. The van der Waals surface area contributed by atoms with Crippen molar-refractivity contribution >= 4 is 33.0 Å². The van der Waals surface area contributed by atoms with Crippen molar-refractivity contribution in [1.29, 1.82) is 0 Å². The molecule has 0 aliphatic rings. The number of benzene rings is 2. The monoisotopic (exact) mass is 333 g/mol. The van der Waals surface area contributed by atoms with Gasteiger partial charge in [0.05, 0.1) is 4.90 Å². The topological polar surface area (TPSA) is 78.5 Å². The van der Waals surface area contributed by atoms with E-state index in [2.05, 4.69) is 10.0 Å². The molecule has 0 fully saturated rings. The van der Waals surface area contributed by atoms with Gasteiger partial charge in [0.15, 0.2) is 0 Å². The fourth-order valence-electron chi connectivity index (χ4n) is 1.96. The average molecular weight is 333 g/mol. The predicted octanol–water partition coefficient (Wildman–Crippen LogP) is 2.51. The zero-order chi connectivity index (χ0) is 17.0. The van der Waals surface area contributed by atoms with Gasteiger partial charge in [-0.2, -0.15) is 0 Å². The SMILES string of the molecule is CC(=O)Nc1ccc(S(=O)(=O)Nc2ccc(N(C)C)cc2)cc1. The first-order valence-electron chi connectivity index (χ1n) is 6.96. The number of rotatable bonds is 5. The van der Waals surface area contributed by atoms with Crippen LogP contribution in [0, 0.1) is 0 Å². The predicted molar refractivity (Wildman–Crippen MR) is 92.3 cm³/mol. The Morgan fingerprint density at radius 1 is 0.913 bits per heavy atom. The highest BCUT2D eigenvalue weighted by Crippen LogP contribution is 2.20. The fraction of sp³-hybridized carbons (Fsp3) is 0.188. The van der Waals surface area contributed by atoms with Gasteiger partial charge >= 0.3 is 0 Å². The van der Waals surface area contributed by atoms with E-state index in [1.165, 1.54) is 19.1 Å². The number of carbonyl (C=O) groups excluding carboxylic acids is 1. The van der Waals surface area contributed by atoms with Crippen LogP contribution in [0.25, 0.3) is 0 Å². The minimum absolute atomic E-state index is 0.128. The Bertz CT molecular complexity index is 782.